The fourth-order valence-corrected chi connectivity index (χ4v) is 4.18. The maximum Gasteiger partial charge on any atom is 0.520 e. The average molecular weight is 544 g/mol. The molecule has 156 valence electrons. The van der Waals surface area contributed by atoms with E-state index in [1.54, 1.807) is 13.0 Å². The standard InChI is InChI=1S/C10H7F7I.C6H6O3S/c1-6-2-4-7(5-3-6)18-10(16,17)8(11,12)9(13,14)15;7-10(8,9)6-4-2-1-3-5-6/h2-5H,1H3;1-5H,(H,7,8,9)/q+1;/p-1. The Kier molecular flexibility index (Phi) is 7.87. The van der Waals surface area contributed by atoms with E-state index in [0.29, 0.717) is 5.56 Å². The van der Waals surface area contributed by atoms with E-state index in [0.717, 1.165) is 12.1 Å². The van der Waals surface area contributed by atoms with Gasteiger partial charge in [0.1, 0.15) is 10.1 Å². The Bertz CT molecular complexity index is 867. The predicted molar refractivity (Wildman–Crippen MR) is 80.2 cm³/mol. The second-order valence-corrected chi connectivity index (χ2v) is 9.75. The topological polar surface area (TPSA) is 57.2 Å². The molecular formula is C16H12F7IO3S. The van der Waals surface area contributed by atoms with Gasteiger partial charge in [-0.1, -0.05) is 35.9 Å². The first-order chi connectivity index (χ1) is 12.6. The summed E-state index contributed by atoms with van der Waals surface area (Å²) in [5.41, 5.74) is 0.702. The van der Waals surface area contributed by atoms with Gasteiger partial charge in [0, 0.05) is 0 Å². The third kappa shape index (κ3) is 6.58. The molecular weight excluding hydrogens is 532 g/mol. The Morgan fingerprint density at radius 1 is 0.821 bits per heavy atom. The van der Waals surface area contributed by atoms with Crippen molar-refractivity contribution < 1.29 is 64.9 Å². The average Bonchev–Trinajstić information content (AvgIpc) is 2.56. The van der Waals surface area contributed by atoms with Crippen LogP contribution >= 0.6 is 0 Å². The zero-order chi connectivity index (χ0) is 21.8. The van der Waals surface area contributed by atoms with Gasteiger partial charge in [-0.25, -0.2) is 8.42 Å². The molecule has 2 aromatic rings. The van der Waals surface area contributed by atoms with Gasteiger partial charge in [-0.05, 0) is 31.2 Å². The first-order valence-electron chi connectivity index (χ1n) is 7.14. The molecule has 2 rings (SSSR count). The summed E-state index contributed by atoms with van der Waals surface area (Å²) in [7, 11) is -4.25. The van der Waals surface area contributed by atoms with Crippen LogP contribution in [-0.2, 0) is 10.1 Å². The molecule has 28 heavy (non-hydrogen) atoms. The van der Waals surface area contributed by atoms with Crippen LogP contribution < -0.4 is 21.2 Å². The molecule has 0 amide bonds. The number of hydrogen-bond acceptors (Lipinski definition) is 3. The number of benzene rings is 2. The molecule has 0 saturated heterocycles. The molecule has 2 aromatic carbocycles. The zero-order valence-corrected chi connectivity index (χ0v) is 16.8. The van der Waals surface area contributed by atoms with E-state index >= 15 is 0 Å². The summed E-state index contributed by atoms with van der Waals surface area (Å²) in [5, 5.41) is 0. The lowest BCUT2D eigenvalue weighted by Crippen LogP contribution is -3.68. The third-order valence-electron chi connectivity index (χ3n) is 2.98. The van der Waals surface area contributed by atoms with Crippen LogP contribution in [0.2, 0.25) is 0 Å². The number of rotatable bonds is 4. The number of aryl methyl sites for hydroxylation is 1. The minimum Gasteiger partial charge on any atom is -0.744 e. The second kappa shape index (κ2) is 8.95. The van der Waals surface area contributed by atoms with E-state index in [-0.39, 0.29) is 8.47 Å². The summed E-state index contributed by atoms with van der Waals surface area (Å²) >= 11 is -2.79. The van der Waals surface area contributed by atoms with Crippen molar-refractivity contribution in [2.24, 2.45) is 0 Å². The van der Waals surface area contributed by atoms with Crippen molar-refractivity contribution in [2.45, 2.75) is 27.8 Å². The summed E-state index contributed by atoms with van der Waals surface area (Å²) < 4.78 is 113. The van der Waals surface area contributed by atoms with E-state index < -0.39 is 47.4 Å². The highest BCUT2D eigenvalue weighted by molar-refractivity contribution is 7.85. The normalized spacial score (nSPS) is 12.9. The van der Waals surface area contributed by atoms with Crippen molar-refractivity contribution >= 4 is 10.1 Å². The van der Waals surface area contributed by atoms with Crippen LogP contribution in [0.1, 0.15) is 5.56 Å². The van der Waals surface area contributed by atoms with Crippen molar-refractivity contribution in [2.75, 3.05) is 0 Å². The molecule has 0 unspecified atom stereocenters. The Labute approximate surface area is 166 Å². The van der Waals surface area contributed by atoms with E-state index in [9.17, 15) is 43.7 Å². The Hall–Kier alpha value is -1.41. The van der Waals surface area contributed by atoms with Crippen LogP contribution in [0.15, 0.2) is 59.5 Å². The smallest absolute Gasteiger partial charge is 0.520 e. The minimum absolute atomic E-state index is 0.173. The quantitative estimate of drug-likeness (QED) is 0.255. The highest BCUT2D eigenvalue weighted by Crippen LogP contribution is 2.42. The van der Waals surface area contributed by atoms with Crippen LogP contribution in [0.3, 0.4) is 0 Å². The molecule has 12 heteroatoms. The van der Waals surface area contributed by atoms with Gasteiger partial charge in [0.05, 0.1) is 4.90 Å². The SMILES string of the molecule is Cc1ccc([I+]C(F)(F)C(F)(F)C(F)(F)F)cc1.O=S(=O)([O-])c1ccccc1. The molecule has 0 aromatic heterocycles. The lowest BCUT2D eigenvalue weighted by molar-refractivity contribution is -0.790. The van der Waals surface area contributed by atoms with Gasteiger partial charge in [-0.2, -0.15) is 22.0 Å². The monoisotopic (exact) mass is 544 g/mol. The fraction of sp³-hybridized carbons (Fsp3) is 0.250. The van der Waals surface area contributed by atoms with Gasteiger partial charge in [-0.15, -0.1) is 8.78 Å². The van der Waals surface area contributed by atoms with Crippen molar-refractivity contribution in [1.29, 1.82) is 0 Å². The molecule has 0 atom stereocenters. The molecule has 0 aliphatic rings. The van der Waals surface area contributed by atoms with E-state index in [1.807, 2.05) is 0 Å². The van der Waals surface area contributed by atoms with Crippen LogP contribution in [0.25, 0.3) is 0 Å². The zero-order valence-electron chi connectivity index (χ0n) is 13.9. The molecule has 0 fully saturated rings. The van der Waals surface area contributed by atoms with Crippen LogP contribution in [0.5, 0.6) is 0 Å². The van der Waals surface area contributed by atoms with Crippen LogP contribution in [0.4, 0.5) is 30.7 Å². The van der Waals surface area contributed by atoms with E-state index in [2.05, 4.69) is 0 Å². The summed E-state index contributed by atoms with van der Waals surface area (Å²) in [6.07, 6.45) is -6.25. The Balaban J connectivity index is 0.000000330. The molecule has 0 spiro atoms. The summed E-state index contributed by atoms with van der Waals surface area (Å²) in [6.45, 7) is 1.64. The Morgan fingerprint density at radius 3 is 1.64 bits per heavy atom. The highest BCUT2D eigenvalue weighted by atomic mass is 127. The van der Waals surface area contributed by atoms with E-state index in [4.69, 9.17) is 0 Å². The van der Waals surface area contributed by atoms with Crippen molar-refractivity contribution in [3.05, 3.63) is 63.7 Å². The van der Waals surface area contributed by atoms with Crippen molar-refractivity contribution in [1.82, 2.24) is 0 Å². The summed E-state index contributed by atoms with van der Waals surface area (Å²) in [6, 6.07) is 12.2. The molecule has 0 aliphatic heterocycles. The first kappa shape index (κ1) is 24.6. The molecule has 0 heterocycles. The number of halogens is 8. The highest BCUT2D eigenvalue weighted by Gasteiger charge is 2.81. The molecule has 0 radical (unpaired) electrons. The van der Waals surface area contributed by atoms with Crippen LogP contribution in [0, 0.1) is 10.5 Å². The summed E-state index contributed by atoms with van der Waals surface area (Å²) in [4.78, 5) is -0.185. The second-order valence-electron chi connectivity index (χ2n) is 5.23. The van der Waals surface area contributed by atoms with Gasteiger partial charge in [0.2, 0.25) is 0 Å². The maximum atomic E-state index is 13.1. The predicted octanol–water partition coefficient (Wildman–Crippen LogP) is 1.63. The Morgan fingerprint density at radius 2 is 1.29 bits per heavy atom. The molecule has 3 nitrogen and oxygen atoms in total. The summed E-state index contributed by atoms with van der Waals surface area (Å²) in [5.74, 6) is -6.00. The number of hydrogen-bond donors (Lipinski definition) is 0. The number of alkyl halides is 8. The van der Waals surface area contributed by atoms with Crippen molar-refractivity contribution in [3.63, 3.8) is 0 Å². The molecule has 0 saturated carbocycles. The molecule has 0 N–H and O–H groups in total. The molecule has 0 bridgehead atoms. The van der Waals surface area contributed by atoms with Crippen LogP contribution in [-0.4, -0.2) is 29.0 Å². The maximum absolute atomic E-state index is 13.1. The first-order valence-corrected chi connectivity index (χ1v) is 10.7. The minimum atomic E-state index is -6.25. The van der Waals surface area contributed by atoms with Crippen molar-refractivity contribution in [3.8, 4) is 0 Å². The van der Waals surface area contributed by atoms with Gasteiger partial charge < -0.3 is 4.55 Å². The molecule has 0 aliphatic carbocycles. The van der Waals surface area contributed by atoms with Gasteiger partial charge in [0.15, 0.2) is 3.57 Å². The lowest BCUT2D eigenvalue weighted by atomic mass is 10.2. The lowest BCUT2D eigenvalue weighted by Gasteiger charge is -2.19. The van der Waals surface area contributed by atoms with E-state index in [1.165, 1.54) is 36.4 Å². The van der Waals surface area contributed by atoms with Gasteiger partial charge in [-0.3, -0.25) is 0 Å². The van der Waals surface area contributed by atoms with Gasteiger partial charge in [0.25, 0.3) is 0 Å². The fourth-order valence-electron chi connectivity index (χ4n) is 1.54. The van der Waals surface area contributed by atoms with Gasteiger partial charge >= 0.3 is 37.2 Å². The third-order valence-corrected chi connectivity index (χ3v) is 6.53. The largest absolute Gasteiger partial charge is 0.744 e.